The van der Waals surface area contributed by atoms with Gasteiger partial charge in [0.2, 0.25) is 5.43 Å². The summed E-state index contributed by atoms with van der Waals surface area (Å²) in [6.45, 7) is 1.33. The Bertz CT molecular complexity index is 1390. The monoisotopic (exact) mass is 549 g/mol. The number of fused-ring (bicyclic) bond motifs is 2. The van der Waals surface area contributed by atoms with E-state index in [2.05, 4.69) is 31.9 Å². The van der Waals surface area contributed by atoms with E-state index in [1.165, 1.54) is 13.2 Å². The highest BCUT2D eigenvalue weighted by molar-refractivity contribution is 9.10. The van der Waals surface area contributed by atoms with Gasteiger partial charge in [-0.15, -0.1) is 0 Å². The lowest BCUT2D eigenvalue weighted by molar-refractivity contribution is 0.170. The van der Waals surface area contributed by atoms with Crippen LogP contribution >= 0.6 is 15.9 Å². The molecule has 35 heavy (non-hydrogen) atoms. The lowest BCUT2D eigenvalue weighted by Gasteiger charge is -2.14. The molecule has 4 rings (SSSR count). The second-order valence-electron chi connectivity index (χ2n) is 8.05. The number of nitrogens with one attached hydrogen (secondary N) is 3. The molecular weight excluding hydrogens is 522 g/mol. The van der Waals surface area contributed by atoms with Crippen molar-refractivity contribution >= 4 is 48.8 Å². The summed E-state index contributed by atoms with van der Waals surface area (Å²) in [6, 6.07) is 4.60. The molecule has 0 unspecified atom stereocenters. The van der Waals surface area contributed by atoms with Crippen molar-refractivity contribution in [3.8, 4) is 11.5 Å². The number of benzene rings is 2. The van der Waals surface area contributed by atoms with E-state index >= 15 is 0 Å². The molecule has 0 saturated heterocycles. The van der Waals surface area contributed by atoms with Crippen LogP contribution in [0.15, 0.2) is 27.5 Å². The molecule has 0 aliphatic carbocycles. The fraction of sp³-hybridized carbons (Fsp3) is 0.391. The van der Waals surface area contributed by atoms with E-state index in [0.717, 1.165) is 0 Å². The van der Waals surface area contributed by atoms with Gasteiger partial charge in [0.25, 0.3) is 0 Å². The van der Waals surface area contributed by atoms with Gasteiger partial charge in [-0.05, 0) is 28.1 Å². The largest absolute Gasteiger partial charge is 0.506 e. The third kappa shape index (κ3) is 4.60. The van der Waals surface area contributed by atoms with Gasteiger partial charge in [-0.25, -0.2) is 4.52 Å². The lowest BCUT2D eigenvalue weighted by atomic mass is 10.0. The van der Waals surface area contributed by atoms with Crippen molar-refractivity contribution in [1.29, 1.82) is 0 Å². The molecule has 2 aromatic heterocycles. The number of pyridine rings is 1. The van der Waals surface area contributed by atoms with E-state index in [0.29, 0.717) is 51.8 Å². The number of phenols is 1. The van der Waals surface area contributed by atoms with Crippen molar-refractivity contribution in [2.45, 2.75) is 12.6 Å². The topological polar surface area (TPSA) is 161 Å². The molecule has 0 bridgehead atoms. The predicted molar refractivity (Wildman–Crippen MR) is 137 cm³/mol. The fourth-order valence-corrected chi connectivity index (χ4v) is 4.79. The van der Waals surface area contributed by atoms with Crippen LogP contribution in [0.2, 0.25) is 0 Å². The van der Waals surface area contributed by atoms with Gasteiger partial charge in [0.1, 0.15) is 17.0 Å². The molecule has 0 aliphatic rings. The van der Waals surface area contributed by atoms with E-state index < -0.39 is 6.04 Å². The van der Waals surface area contributed by atoms with Gasteiger partial charge in [0.05, 0.1) is 59.4 Å². The first-order valence-electron chi connectivity index (χ1n) is 11.2. The standard InChI is InChI=1S/C23H28BrN5O6/c1-35-23-14(24)8-17(33)21-19(23)22(34)18-15(26-5-4-25-6-7-30)3-2-13-16(28-29(21)20(13)18)9-27-12(10-31)11-32/h2-3,8,12,25-27,30-33H,4-7,9-11H2,1H3. The number of methoxy groups -OCH3 is 1. The number of halogens is 1. The molecule has 0 aliphatic heterocycles. The number of aromatic hydroxyl groups is 1. The summed E-state index contributed by atoms with van der Waals surface area (Å²) in [4.78, 5) is 13.9. The second kappa shape index (κ2) is 10.9. The number of phenolic OH excluding ortho intramolecular Hbond substituents is 1. The highest BCUT2D eigenvalue weighted by Crippen LogP contribution is 2.40. The summed E-state index contributed by atoms with van der Waals surface area (Å²) in [5.74, 6) is 0.155. The zero-order valence-electron chi connectivity index (χ0n) is 19.1. The van der Waals surface area contributed by atoms with Crippen molar-refractivity contribution in [2.24, 2.45) is 0 Å². The van der Waals surface area contributed by atoms with Gasteiger partial charge in [-0.2, -0.15) is 5.10 Å². The molecule has 2 aromatic carbocycles. The van der Waals surface area contributed by atoms with Crippen LogP contribution in [0.5, 0.6) is 11.5 Å². The van der Waals surface area contributed by atoms with Gasteiger partial charge in [-0.1, -0.05) is 0 Å². The number of hydrogen-bond acceptors (Lipinski definition) is 10. The van der Waals surface area contributed by atoms with Crippen LogP contribution < -0.4 is 26.1 Å². The summed E-state index contributed by atoms with van der Waals surface area (Å²) < 4.78 is 7.50. The molecule has 11 nitrogen and oxygen atoms in total. The highest BCUT2D eigenvalue weighted by atomic mass is 79.9. The van der Waals surface area contributed by atoms with Crippen LogP contribution in [0.1, 0.15) is 5.69 Å². The van der Waals surface area contributed by atoms with Crippen molar-refractivity contribution in [3.63, 3.8) is 0 Å². The smallest absolute Gasteiger partial charge is 0.203 e. The number of aliphatic hydroxyl groups is 3. The zero-order valence-corrected chi connectivity index (χ0v) is 20.7. The minimum Gasteiger partial charge on any atom is -0.506 e. The Morgan fingerprint density at radius 3 is 2.57 bits per heavy atom. The van der Waals surface area contributed by atoms with Gasteiger partial charge < -0.3 is 41.1 Å². The molecule has 0 saturated carbocycles. The van der Waals surface area contributed by atoms with Crippen LogP contribution in [-0.2, 0) is 6.54 Å². The van der Waals surface area contributed by atoms with Crippen molar-refractivity contribution < 1.29 is 25.2 Å². The average molecular weight is 550 g/mol. The summed E-state index contributed by atoms with van der Waals surface area (Å²) in [7, 11) is 1.45. The zero-order chi connectivity index (χ0) is 25.1. The fourth-order valence-electron chi connectivity index (χ4n) is 4.21. The number of ether oxygens (including phenoxy) is 1. The van der Waals surface area contributed by atoms with Gasteiger partial charge in [0, 0.05) is 43.3 Å². The third-order valence-corrected chi connectivity index (χ3v) is 6.47. The van der Waals surface area contributed by atoms with Crippen molar-refractivity contribution in [1.82, 2.24) is 20.2 Å². The van der Waals surface area contributed by atoms with Crippen LogP contribution in [0.3, 0.4) is 0 Å². The molecule has 0 atom stereocenters. The maximum Gasteiger partial charge on any atom is 0.203 e. The SMILES string of the molecule is COc1c(Br)cc(O)c2c1c(=O)c1c(NCCNCCO)ccc3c(CNC(CO)CO)nn2c31. The number of aromatic nitrogens is 2. The minimum atomic E-state index is -0.523. The Morgan fingerprint density at radius 1 is 1.11 bits per heavy atom. The number of nitrogens with zero attached hydrogens (tertiary/aromatic N) is 2. The average Bonchev–Trinajstić information content (AvgIpc) is 3.21. The Hall–Kier alpha value is -2.74. The molecule has 188 valence electrons. The Morgan fingerprint density at radius 2 is 1.89 bits per heavy atom. The van der Waals surface area contributed by atoms with Crippen LogP contribution in [0.4, 0.5) is 5.69 Å². The summed E-state index contributed by atoms with van der Waals surface area (Å²) in [6.07, 6.45) is 0. The van der Waals surface area contributed by atoms with Gasteiger partial charge in [0.15, 0.2) is 0 Å². The summed E-state index contributed by atoms with van der Waals surface area (Å²) in [5.41, 5.74) is 1.63. The Labute approximate surface area is 208 Å². The van der Waals surface area contributed by atoms with Crippen LogP contribution in [0.25, 0.3) is 27.2 Å². The first-order valence-corrected chi connectivity index (χ1v) is 12.0. The minimum absolute atomic E-state index is 0.0358. The molecular formula is C23H28BrN5O6. The lowest BCUT2D eigenvalue weighted by Crippen LogP contribution is -2.35. The maximum absolute atomic E-state index is 13.9. The van der Waals surface area contributed by atoms with E-state index in [1.54, 1.807) is 4.52 Å². The normalized spacial score (nSPS) is 11.9. The molecule has 7 N–H and O–H groups in total. The molecule has 12 heteroatoms. The summed E-state index contributed by atoms with van der Waals surface area (Å²) in [5, 5.41) is 54.0. The number of aliphatic hydroxyl groups excluding tert-OH is 3. The van der Waals surface area contributed by atoms with E-state index in [-0.39, 0.29) is 54.2 Å². The van der Waals surface area contributed by atoms with Gasteiger partial charge >= 0.3 is 0 Å². The number of rotatable bonds is 12. The van der Waals surface area contributed by atoms with E-state index in [9.17, 15) is 20.1 Å². The first-order chi connectivity index (χ1) is 17.0. The highest BCUT2D eigenvalue weighted by Gasteiger charge is 2.25. The predicted octanol–water partition coefficient (Wildman–Crippen LogP) is 0.352. The molecule has 2 heterocycles. The molecule has 0 fully saturated rings. The second-order valence-corrected chi connectivity index (χ2v) is 8.90. The first kappa shape index (κ1) is 25.4. The quantitative estimate of drug-likeness (QED) is 0.0969. The third-order valence-electron chi connectivity index (χ3n) is 5.88. The Kier molecular flexibility index (Phi) is 7.89. The van der Waals surface area contributed by atoms with Crippen LogP contribution in [-0.4, -0.2) is 82.6 Å². The molecule has 0 spiro atoms. The number of hydrogen-bond donors (Lipinski definition) is 7. The van der Waals surface area contributed by atoms with E-state index in [4.69, 9.17) is 14.9 Å². The number of anilines is 1. The van der Waals surface area contributed by atoms with Crippen LogP contribution in [0, 0.1) is 0 Å². The maximum atomic E-state index is 13.9. The van der Waals surface area contributed by atoms with Crippen molar-refractivity contribution in [2.75, 3.05) is 51.9 Å². The van der Waals surface area contributed by atoms with E-state index in [1.807, 2.05) is 12.1 Å². The molecule has 0 radical (unpaired) electrons. The molecule has 0 amide bonds. The Balaban J connectivity index is 1.96. The van der Waals surface area contributed by atoms with Crippen molar-refractivity contribution in [3.05, 3.63) is 38.6 Å². The summed E-state index contributed by atoms with van der Waals surface area (Å²) >= 11 is 3.37. The molecule has 4 aromatic rings. The van der Waals surface area contributed by atoms with Gasteiger partial charge in [-0.3, -0.25) is 4.79 Å².